The lowest BCUT2D eigenvalue weighted by Crippen LogP contribution is -2.30. The van der Waals surface area contributed by atoms with E-state index in [0.717, 1.165) is 23.9 Å². The van der Waals surface area contributed by atoms with Crippen LogP contribution in [0.15, 0.2) is 53.3 Å². The molecule has 0 radical (unpaired) electrons. The molecule has 0 saturated carbocycles. The summed E-state index contributed by atoms with van der Waals surface area (Å²) in [6.45, 7) is 0.555. The van der Waals surface area contributed by atoms with Gasteiger partial charge in [-0.05, 0) is 49.6 Å². The smallest absolute Gasteiger partial charge is 0.271 e. The normalized spacial score (nSPS) is 17.2. The molecule has 0 spiro atoms. The Morgan fingerprint density at radius 1 is 1.17 bits per heavy atom. The maximum absolute atomic E-state index is 12.4. The summed E-state index contributed by atoms with van der Waals surface area (Å²) < 4.78 is 0. The lowest BCUT2D eigenvalue weighted by Gasteiger charge is -2.33. The zero-order valence-corrected chi connectivity index (χ0v) is 13.8. The van der Waals surface area contributed by atoms with E-state index in [-0.39, 0.29) is 5.56 Å². The van der Waals surface area contributed by atoms with Gasteiger partial charge in [0, 0.05) is 12.6 Å². The Morgan fingerprint density at radius 3 is 2.88 bits per heavy atom. The molecule has 4 rings (SSSR count). The number of rotatable bonds is 3. The van der Waals surface area contributed by atoms with E-state index >= 15 is 0 Å². The van der Waals surface area contributed by atoms with Gasteiger partial charge in [0.05, 0.1) is 11.0 Å². The average Bonchev–Trinajstić information content (AvgIpc) is 2.62. The molecule has 24 heavy (non-hydrogen) atoms. The Morgan fingerprint density at radius 2 is 1.96 bits per heavy atom. The summed E-state index contributed by atoms with van der Waals surface area (Å²) in [7, 11) is 2.09. The van der Waals surface area contributed by atoms with Gasteiger partial charge in [0.2, 0.25) is 0 Å². The first-order valence-corrected chi connectivity index (χ1v) is 8.48. The predicted molar refractivity (Wildman–Crippen MR) is 96.0 cm³/mol. The molecule has 1 heterocycles. The second kappa shape index (κ2) is 6.21. The topological polar surface area (TPSA) is 49.0 Å². The number of benzene rings is 2. The molecule has 4 heteroatoms. The Balaban J connectivity index is 1.64. The number of aromatic nitrogens is 2. The molecule has 1 aliphatic carbocycles. The van der Waals surface area contributed by atoms with Crippen LogP contribution in [0.25, 0.3) is 11.0 Å². The van der Waals surface area contributed by atoms with Crippen LogP contribution >= 0.6 is 0 Å². The van der Waals surface area contributed by atoms with E-state index < -0.39 is 0 Å². The van der Waals surface area contributed by atoms with Crippen molar-refractivity contribution in [1.29, 1.82) is 0 Å². The molecule has 0 saturated heterocycles. The molecule has 0 amide bonds. The fourth-order valence-corrected chi connectivity index (χ4v) is 3.71. The SMILES string of the molecule is CN(Cc1nc2ccccc2[nH]c1=O)[C@H]1CCCc2ccccc21. The van der Waals surface area contributed by atoms with Crippen molar-refractivity contribution < 1.29 is 0 Å². The average molecular weight is 319 g/mol. The molecule has 1 atom stereocenters. The quantitative estimate of drug-likeness (QED) is 0.804. The van der Waals surface area contributed by atoms with Gasteiger partial charge in [-0.2, -0.15) is 0 Å². The zero-order chi connectivity index (χ0) is 16.5. The van der Waals surface area contributed by atoms with Crippen molar-refractivity contribution in [2.45, 2.75) is 31.8 Å². The summed E-state index contributed by atoms with van der Waals surface area (Å²) in [5, 5.41) is 0. The van der Waals surface area contributed by atoms with Gasteiger partial charge in [-0.25, -0.2) is 4.98 Å². The van der Waals surface area contributed by atoms with Crippen LogP contribution in [0.2, 0.25) is 0 Å². The number of nitrogens with one attached hydrogen (secondary N) is 1. The molecule has 0 unspecified atom stereocenters. The van der Waals surface area contributed by atoms with Gasteiger partial charge in [0.15, 0.2) is 0 Å². The first kappa shape index (κ1) is 15.1. The van der Waals surface area contributed by atoms with E-state index in [0.29, 0.717) is 18.3 Å². The number of fused-ring (bicyclic) bond motifs is 2. The van der Waals surface area contributed by atoms with Gasteiger partial charge in [0.25, 0.3) is 5.56 Å². The minimum atomic E-state index is -0.0929. The van der Waals surface area contributed by atoms with E-state index in [4.69, 9.17) is 0 Å². The highest BCUT2D eigenvalue weighted by molar-refractivity contribution is 5.73. The molecule has 0 fully saturated rings. The first-order valence-electron chi connectivity index (χ1n) is 8.48. The number of aryl methyl sites for hydroxylation is 1. The highest BCUT2D eigenvalue weighted by atomic mass is 16.1. The zero-order valence-electron chi connectivity index (χ0n) is 13.8. The second-order valence-electron chi connectivity index (χ2n) is 6.55. The monoisotopic (exact) mass is 319 g/mol. The molecule has 3 aromatic rings. The van der Waals surface area contributed by atoms with Crippen LogP contribution < -0.4 is 5.56 Å². The van der Waals surface area contributed by atoms with Gasteiger partial charge in [0.1, 0.15) is 5.69 Å². The molecule has 1 aliphatic rings. The van der Waals surface area contributed by atoms with Crippen LogP contribution in [-0.4, -0.2) is 21.9 Å². The lowest BCUT2D eigenvalue weighted by atomic mass is 9.87. The molecule has 1 aromatic heterocycles. The first-order chi connectivity index (χ1) is 11.7. The van der Waals surface area contributed by atoms with Crippen molar-refractivity contribution >= 4 is 11.0 Å². The van der Waals surface area contributed by atoms with Crippen molar-refractivity contribution in [2.24, 2.45) is 0 Å². The van der Waals surface area contributed by atoms with Crippen LogP contribution in [0.5, 0.6) is 0 Å². The van der Waals surface area contributed by atoms with Gasteiger partial charge < -0.3 is 4.98 Å². The van der Waals surface area contributed by atoms with Crippen molar-refractivity contribution in [3.05, 3.63) is 75.7 Å². The molecule has 4 nitrogen and oxygen atoms in total. The summed E-state index contributed by atoms with van der Waals surface area (Å²) in [4.78, 5) is 22.1. The predicted octanol–water partition coefficient (Wildman–Crippen LogP) is 3.43. The van der Waals surface area contributed by atoms with Crippen molar-refractivity contribution in [2.75, 3.05) is 7.05 Å². The highest BCUT2D eigenvalue weighted by Gasteiger charge is 2.24. The Kier molecular flexibility index (Phi) is 3.90. The summed E-state index contributed by atoms with van der Waals surface area (Å²) in [6, 6.07) is 16.7. The number of hydrogen-bond acceptors (Lipinski definition) is 3. The number of H-pyrrole nitrogens is 1. The van der Waals surface area contributed by atoms with E-state index in [2.05, 4.69) is 46.2 Å². The number of hydrogen-bond donors (Lipinski definition) is 1. The Labute approximate surface area is 141 Å². The van der Waals surface area contributed by atoms with Crippen molar-refractivity contribution in [1.82, 2.24) is 14.9 Å². The molecular formula is C20H21N3O. The van der Waals surface area contributed by atoms with Crippen LogP contribution in [0, 0.1) is 0 Å². The standard InChI is InChI=1S/C20H21N3O/c1-23(19-12-6-8-14-7-2-3-9-15(14)19)13-18-20(24)22-17-11-5-4-10-16(17)21-18/h2-5,7,9-11,19H,6,8,12-13H2,1H3,(H,22,24)/t19-/m0/s1. The van der Waals surface area contributed by atoms with Crippen molar-refractivity contribution in [3.63, 3.8) is 0 Å². The van der Waals surface area contributed by atoms with Gasteiger partial charge in [-0.1, -0.05) is 36.4 Å². The van der Waals surface area contributed by atoms with Crippen LogP contribution in [0.3, 0.4) is 0 Å². The third-order valence-electron chi connectivity index (χ3n) is 4.94. The maximum Gasteiger partial charge on any atom is 0.271 e. The maximum atomic E-state index is 12.4. The second-order valence-corrected chi connectivity index (χ2v) is 6.55. The number of nitrogens with zero attached hydrogens (tertiary/aromatic N) is 2. The van der Waals surface area contributed by atoms with E-state index in [1.165, 1.54) is 17.5 Å². The molecule has 0 bridgehead atoms. The molecule has 122 valence electrons. The third kappa shape index (κ3) is 2.74. The van der Waals surface area contributed by atoms with E-state index in [9.17, 15) is 4.79 Å². The lowest BCUT2D eigenvalue weighted by molar-refractivity contribution is 0.210. The third-order valence-corrected chi connectivity index (χ3v) is 4.94. The van der Waals surface area contributed by atoms with Crippen LogP contribution in [0.4, 0.5) is 0 Å². The van der Waals surface area contributed by atoms with Gasteiger partial charge in [-0.3, -0.25) is 9.69 Å². The van der Waals surface area contributed by atoms with Gasteiger partial charge >= 0.3 is 0 Å². The van der Waals surface area contributed by atoms with Crippen molar-refractivity contribution in [3.8, 4) is 0 Å². The molecular weight excluding hydrogens is 298 g/mol. The summed E-state index contributed by atoms with van der Waals surface area (Å²) in [5.41, 5.74) is 4.94. The minimum Gasteiger partial charge on any atom is -0.319 e. The fourth-order valence-electron chi connectivity index (χ4n) is 3.71. The summed E-state index contributed by atoms with van der Waals surface area (Å²) >= 11 is 0. The van der Waals surface area contributed by atoms with Crippen LogP contribution in [0.1, 0.15) is 35.7 Å². The Hall–Kier alpha value is -2.46. The largest absolute Gasteiger partial charge is 0.319 e. The van der Waals surface area contributed by atoms with Gasteiger partial charge in [-0.15, -0.1) is 0 Å². The van der Waals surface area contributed by atoms with Crippen LogP contribution in [-0.2, 0) is 13.0 Å². The fraction of sp³-hybridized carbons (Fsp3) is 0.300. The minimum absolute atomic E-state index is 0.0929. The molecule has 2 aromatic carbocycles. The molecule has 0 aliphatic heterocycles. The highest BCUT2D eigenvalue weighted by Crippen LogP contribution is 2.33. The Bertz CT molecular complexity index is 931. The number of para-hydroxylation sites is 2. The molecule has 1 N–H and O–H groups in total. The number of aromatic amines is 1. The summed E-state index contributed by atoms with van der Waals surface area (Å²) in [5.74, 6) is 0. The van der Waals surface area contributed by atoms with E-state index in [1.807, 2.05) is 24.3 Å². The van der Waals surface area contributed by atoms with E-state index in [1.54, 1.807) is 0 Å². The summed E-state index contributed by atoms with van der Waals surface area (Å²) in [6.07, 6.45) is 3.46.